The van der Waals surface area contributed by atoms with Crippen LogP contribution in [0.2, 0.25) is 0 Å². The molecule has 0 N–H and O–H groups in total. The molecule has 174 valence electrons. The predicted octanol–water partition coefficient (Wildman–Crippen LogP) is 7.97. The summed E-state index contributed by atoms with van der Waals surface area (Å²) < 4.78 is 19.7. The third-order valence-electron chi connectivity index (χ3n) is 5.87. The van der Waals surface area contributed by atoms with Crippen molar-refractivity contribution in [3.05, 3.63) is 72.4 Å². The highest BCUT2D eigenvalue weighted by Crippen LogP contribution is 2.32. The fraction of sp³-hybridized carbons (Fsp3) is 0.379. The summed E-state index contributed by atoms with van der Waals surface area (Å²) in [7, 11) is 0. The molecule has 1 aromatic heterocycles. The lowest BCUT2D eigenvalue weighted by atomic mass is 9.97. The highest BCUT2D eigenvalue weighted by molar-refractivity contribution is 5.83. The largest absolute Gasteiger partial charge is 0.424 e. The molecule has 0 spiro atoms. The molecule has 0 aliphatic rings. The number of nitrogens with zero attached hydrogens (tertiary/aromatic N) is 1. The van der Waals surface area contributed by atoms with Crippen molar-refractivity contribution in [1.82, 2.24) is 4.98 Å². The molecule has 3 nitrogen and oxygen atoms in total. The van der Waals surface area contributed by atoms with E-state index in [4.69, 9.17) is 9.72 Å². The zero-order valence-corrected chi connectivity index (χ0v) is 19.9. The average Bonchev–Trinajstić information content (AvgIpc) is 2.83. The van der Waals surface area contributed by atoms with Crippen molar-refractivity contribution < 1.29 is 13.9 Å². The molecule has 0 saturated carbocycles. The highest BCUT2D eigenvalue weighted by Gasteiger charge is 2.34. The Bertz CT molecular complexity index is 1030. The number of hydrogen-bond donors (Lipinski definition) is 0. The van der Waals surface area contributed by atoms with Gasteiger partial charge in [0, 0.05) is 11.8 Å². The Morgan fingerprint density at radius 1 is 0.909 bits per heavy atom. The maximum atomic E-state index is 14.4. The van der Waals surface area contributed by atoms with Gasteiger partial charge < -0.3 is 4.74 Å². The van der Waals surface area contributed by atoms with E-state index in [9.17, 15) is 9.18 Å². The molecule has 0 saturated heterocycles. The Morgan fingerprint density at radius 2 is 1.64 bits per heavy atom. The first-order chi connectivity index (χ1) is 15.9. The monoisotopic (exact) mass is 447 g/mol. The Labute approximate surface area is 197 Å². The zero-order valence-electron chi connectivity index (χ0n) is 19.9. The summed E-state index contributed by atoms with van der Waals surface area (Å²) in [6, 6.07) is 19.6. The van der Waals surface area contributed by atoms with Crippen LogP contribution >= 0.6 is 0 Å². The van der Waals surface area contributed by atoms with Crippen LogP contribution in [0, 0.1) is 0 Å². The van der Waals surface area contributed by atoms with Gasteiger partial charge in [-0.15, -0.1) is 0 Å². The van der Waals surface area contributed by atoms with Crippen molar-refractivity contribution in [2.75, 3.05) is 0 Å². The molecule has 33 heavy (non-hydrogen) atoms. The third kappa shape index (κ3) is 6.74. The number of esters is 1. The molecule has 1 unspecified atom stereocenters. The summed E-state index contributed by atoms with van der Waals surface area (Å²) in [6.45, 7) is 5.33. The number of hydrogen-bond acceptors (Lipinski definition) is 3. The second-order valence-corrected chi connectivity index (χ2v) is 8.77. The van der Waals surface area contributed by atoms with E-state index in [0.717, 1.165) is 28.8 Å². The lowest BCUT2D eigenvalue weighted by Crippen LogP contribution is -2.34. The normalized spacial score (nSPS) is 12.8. The number of carbonyl (C=O) groups is 1. The van der Waals surface area contributed by atoms with Gasteiger partial charge in [-0.1, -0.05) is 82.0 Å². The van der Waals surface area contributed by atoms with Crippen LogP contribution in [-0.2, 0) is 11.2 Å². The van der Waals surface area contributed by atoms with E-state index < -0.39 is 11.6 Å². The number of rotatable bonds is 11. The smallest absolute Gasteiger partial charge is 0.348 e. The van der Waals surface area contributed by atoms with Gasteiger partial charge >= 0.3 is 5.97 Å². The molecule has 4 heteroatoms. The Hall–Kier alpha value is -3.01. The molecule has 0 fully saturated rings. The predicted molar refractivity (Wildman–Crippen MR) is 133 cm³/mol. The van der Waals surface area contributed by atoms with Gasteiger partial charge in [0.15, 0.2) is 0 Å². The Morgan fingerprint density at radius 3 is 2.27 bits per heavy atom. The minimum Gasteiger partial charge on any atom is -0.424 e. The fourth-order valence-corrected chi connectivity index (χ4v) is 3.93. The summed E-state index contributed by atoms with van der Waals surface area (Å²) in [5.41, 5.74) is 3.27. The van der Waals surface area contributed by atoms with E-state index in [1.807, 2.05) is 37.4 Å². The summed E-state index contributed by atoms with van der Waals surface area (Å²) in [4.78, 5) is 16.9. The molecule has 1 atom stereocenters. The van der Waals surface area contributed by atoms with Crippen molar-refractivity contribution >= 4 is 5.97 Å². The first-order valence-corrected chi connectivity index (χ1v) is 12.0. The number of alkyl halides is 1. The number of benzene rings is 2. The quantitative estimate of drug-likeness (QED) is 0.170. The van der Waals surface area contributed by atoms with Crippen molar-refractivity contribution in [2.24, 2.45) is 0 Å². The van der Waals surface area contributed by atoms with Crippen molar-refractivity contribution in [1.29, 1.82) is 0 Å². The van der Waals surface area contributed by atoms with Crippen LogP contribution in [0.25, 0.3) is 22.4 Å². The standard InChI is InChI=1S/C29H34FNO2/c1-4-6-7-8-11-22-14-19-27(31-21-22)26-13-10-9-12-25(26)23-15-17-24(18-16-23)33-28(32)29(3,30)20-5-2/h9-10,12-19,21H,4-8,11,20H2,1-3H3. The first-order valence-electron chi connectivity index (χ1n) is 12.0. The maximum absolute atomic E-state index is 14.4. The highest BCUT2D eigenvalue weighted by atomic mass is 19.1. The van der Waals surface area contributed by atoms with Crippen LogP contribution in [0.15, 0.2) is 66.9 Å². The molecule has 1 heterocycles. The topological polar surface area (TPSA) is 39.2 Å². The molecule has 0 aliphatic carbocycles. The van der Waals surface area contributed by atoms with Gasteiger partial charge in [0.1, 0.15) is 5.75 Å². The van der Waals surface area contributed by atoms with Gasteiger partial charge in [0.2, 0.25) is 5.67 Å². The fourth-order valence-electron chi connectivity index (χ4n) is 3.93. The van der Waals surface area contributed by atoms with E-state index in [0.29, 0.717) is 12.2 Å². The van der Waals surface area contributed by atoms with Crippen LogP contribution in [0.1, 0.15) is 64.9 Å². The van der Waals surface area contributed by atoms with Crippen LogP contribution in [0.4, 0.5) is 4.39 Å². The van der Waals surface area contributed by atoms with Crippen molar-refractivity contribution in [3.8, 4) is 28.1 Å². The minimum atomic E-state index is -1.98. The molecule has 0 aliphatic heterocycles. The van der Waals surface area contributed by atoms with E-state index in [1.165, 1.54) is 38.2 Å². The molecule has 0 radical (unpaired) electrons. The lowest BCUT2D eigenvalue weighted by Gasteiger charge is -2.17. The van der Waals surface area contributed by atoms with Crippen LogP contribution in [0.5, 0.6) is 5.75 Å². The summed E-state index contributed by atoms with van der Waals surface area (Å²) in [5, 5.41) is 0. The Balaban J connectivity index is 1.74. The minimum absolute atomic E-state index is 0.141. The molecule has 3 rings (SSSR count). The number of halogens is 1. The van der Waals surface area contributed by atoms with E-state index in [2.05, 4.69) is 31.2 Å². The van der Waals surface area contributed by atoms with Gasteiger partial charge in [-0.3, -0.25) is 4.98 Å². The van der Waals surface area contributed by atoms with E-state index >= 15 is 0 Å². The summed E-state index contributed by atoms with van der Waals surface area (Å²) in [5.74, 6) is -0.511. The van der Waals surface area contributed by atoms with Crippen LogP contribution < -0.4 is 4.74 Å². The summed E-state index contributed by atoms with van der Waals surface area (Å²) in [6.07, 6.45) is 8.73. The number of unbranched alkanes of at least 4 members (excludes halogenated alkanes) is 3. The van der Waals surface area contributed by atoms with Crippen LogP contribution in [0.3, 0.4) is 0 Å². The zero-order chi connectivity index (χ0) is 23.7. The number of carbonyl (C=O) groups excluding carboxylic acids is 1. The number of aromatic nitrogens is 1. The average molecular weight is 448 g/mol. The van der Waals surface area contributed by atoms with E-state index in [-0.39, 0.29) is 6.42 Å². The first kappa shape index (κ1) is 24.6. The molecule has 3 aromatic rings. The van der Waals surface area contributed by atoms with Gasteiger partial charge in [-0.2, -0.15) is 0 Å². The van der Waals surface area contributed by atoms with Crippen LogP contribution in [-0.4, -0.2) is 16.6 Å². The maximum Gasteiger partial charge on any atom is 0.348 e. The van der Waals surface area contributed by atoms with Gasteiger partial charge in [0.05, 0.1) is 5.69 Å². The SMILES string of the molecule is CCCCCCc1ccc(-c2ccccc2-c2ccc(OC(=O)C(C)(F)CCC)cc2)nc1. The number of ether oxygens (including phenoxy) is 1. The third-order valence-corrected chi connectivity index (χ3v) is 5.87. The van der Waals surface area contributed by atoms with Gasteiger partial charge in [-0.25, -0.2) is 9.18 Å². The van der Waals surface area contributed by atoms with Crippen molar-refractivity contribution in [2.45, 2.75) is 71.4 Å². The van der Waals surface area contributed by atoms with Gasteiger partial charge in [-0.05, 0) is 61.1 Å². The summed E-state index contributed by atoms with van der Waals surface area (Å²) >= 11 is 0. The molecular formula is C29H34FNO2. The van der Waals surface area contributed by atoms with Crippen molar-refractivity contribution in [3.63, 3.8) is 0 Å². The molecule has 0 bridgehead atoms. The Kier molecular flexibility index (Phi) is 8.76. The molecule has 2 aromatic carbocycles. The molecular weight excluding hydrogens is 413 g/mol. The lowest BCUT2D eigenvalue weighted by molar-refractivity contribution is -0.147. The second kappa shape index (κ2) is 11.7. The van der Waals surface area contributed by atoms with E-state index in [1.54, 1.807) is 12.1 Å². The number of aryl methyl sites for hydroxylation is 1. The number of pyridine rings is 1. The molecule has 0 amide bonds. The second-order valence-electron chi connectivity index (χ2n) is 8.77. The van der Waals surface area contributed by atoms with Gasteiger partial charge in [0.25, 0.3) is 0 Å².